The molecule has 0 unspecified atom stereocenters. The maximum absolute atomic E-state index is 3.50. The number of hydrogen-bond donors (Lipinski definition) is 0. The van der Waals surface area contributed by atoms with Gasteiger partial charge in [0, 0.05) is 4.47 Å². The average molecular weight is 245 g/mol. The molecule has 1 heteroatoms. The largest absolute Gasteiger partial charge is 0.0795 e. The van der Waals surface area contributed by atoms with Gasteiger partial charge in [-0.1, -0.05) is 46.3 Å². The molecule has 0 radical (unpaired) electrons. The van der Waals surface area contributed by atoms with Crippen molar-refractivity contribution in [3.63, 3.8) is 0 Å². The molecule has 0 heterocycles. The molecule has 0 fully saturated rings. The van der Waals surface area contributed by atoms with Gasteiger partial charge in [-0.3, -0.25) is 0 Å². The minimum atomic E-state index is 1.08. The molecular weight excluding hydrogens is 236 g/mol. The predicted molar refractivity (Wildman–Crippen MR) is 64.4 cm³/mol. The lowest BCUT2D eigenvalue weighted by Gasteiger charge is -2.05. The van der Waals surface area contributed by atoms with Crippen LogP contribution in [0.3, 0.4) is 0 Å². The van der Waals surface area contributed by atoms with Crippen LogP contribution in [0.1, 0.15) is 11.1 Å². The second kappa shape index (κ2) is 2.96. The summed E-state index contributed by atoms with van der Waals surface area (Å²) < 4.78 is 1.15. The van der Waals surface area contributed by atoms with Gasteiger partial charge in [-0.05, 0) is 40.5 Å². The van der Waals surface area contributed by atoms with Crippen molar-refractivity contribution < 1.29 is 0 Å². The molecule has 68 valence electrons. The van der Waals surface area contributed by atoms with E-state index in [9.17, 15) is 0 Å². The van der Waals surface area contributed by atoms with Crippen molar-refractivity contribution in [2.45, 2.75) is 6.42 Å². The summed E-state index contributed by atoms with van der Waals surface area (Å²) in [5.74, 6) is 0. The molecule has 3 rings (SSSR count). The normalized spacial score (nSPS) is 13.5. The van der Waals surface area contributed by atoms with Crippen molar-refractivity contribution in [1.82, 2.24) is 0 Å². The first-order valence-corrected chi connectivity index (χ1v) is 5.51. The van der Waals surface area contributed by atoms with Gasteiger partial charge in [-0.25, -0.2) is 0 Å². The van der Waals surface area contributed by atoms with Gasteiger partial charge >= 0.3 is 0 Å². The van der Waals surface area contributed by atoms with Crippen LogP contribution >= 0.6 is 15.9 Å². The van der Waals surface area contributed by atoms with E-state index in [0.717, 1.165) is 10.9 Å². The van der Waals surface area contributed by atoms with Crippen LogP contribution in [0, 0.1) is 0 Å². The second-order valence-electron chi connectivity index (χ2n) is 3.61. The zero-order valence-electron chi connectivity index (χ0n) is 7.63. The van der Waals surface area contributed by atoms with Crippen molar-refractivity contribution in [2.75, 3.05) is 0 Å². The highest BCUT2D eigenvalue weighted by atomic mass is 79.9. The Labute approximate surface area is 91.4 Å². The third-order valence-corrected chi connectivity index (χ3v) is 3.24. The first-order chi connectivity index (χ1) is 6.84. The fourth-order valence-electron chi connectivity index (χ4n) is 2.07. The highest BCUT2D eigenvalue weighted by molar-refractivity contribution is 9.10. The number of halogens is 1. The minimum absolute atomic E-state index is 1.08. The van der Waals surface area contributed by atoms with E-state index in [-0.39, 0.29) is 0 Å². The molecule has 0 aliphatic heterocycles. The predicted octanol–water partition coefficient (Wildman–Crippen LogP) is 4.17. The van der Waals surface area contributed by atoms with E-state index in [2.05, 4.69) is 58.4 Å². The summed E-state index contributed by atoms with van der Waals surface area (Å²) in [6.07, 6.45) is 5.51. The van der Waals surface area contributed by atoms with Crippen molar-refractivity contribution in [3.8, 4) is 0 Å². The Bertz CT molecular complexity index is 538. The monoisotopic (exact) mass is 244 g/mol. The lowest BCUT2D eigenvalue weighted by atomic mass is 10.0. The Kier molecular flexibility index (Phi) is 1.74. The summed E-state index contributed by atoms with van der Waals surface area (Å²) in [6, 6.07) is 10.9. The topological polar surface area (TPSA) is 0 Å². The molecule has 2 aromatic rings. The Balaban J connectivity index is 2.41. The summed E-state index contributed by atoms with van der Waals surface area (Å²) in [5, 5.41) is 2.71. The third kappa shape index (κ3) is 1.12. The highest BCUT2D eigenvalue weighted by Crippen LogP contribution is 2.29. The van der Waals surface area contributed by atoms with Crippen LogP contribution < -0.4 is 0 Å². The molecule has 0 nitrogen and oxygen atoms in total. The number of rotatable bonds is 0. The standard InChI is InChI=1S/C13H9Br/c14-11-6-7-13-10(8-11)5-4-9-2-1-3-12(9)13/h1-2,4-8H,3H2. The quantitative estimate of drug-likeness (QED) is 0.653. The number of fused-ring (bicyclic) bond motifs is 3. The zero-order chi connectivity index (χ0) is 9.54. The van der Waals surface area contributed by atoms with Crippen LogP contribution in [0.4, 0.5) is 0 Å². The van der Waals surface area contributed by atoms with Crippen molar-refractivity contribution in [3.05, 3.63) is 52.0 Å². The number of hydrogen-bond acceptors (Lipinski definition) is 0. The van der Waals surface area contributed by atoms with E-state index in [4.69, 9.17) is 0 Å². The van der Waals surface area contributed by atoms with E-state index in [1.807, 2.05) is 0 Å². The highest BCUT2D eigenvalue weighted by Gasteiger charge is 2.08. The molecule has 0 N–H and O–H groups in total. The van der Waals surface area contributed by atoms with Gasteiger partial charge in [-0.15, -0.1) is 0 Å². The van der Waals surface area contributed by atoms with Gasteiger partial charge < -0.3 is 0 Å². The fourth-order valence-corrected chi connectivity index (χ4v) is 2.45. The van der Waals surface area contributed by atoms with Crippen molar-refractivity contribution >= 4 is 32.8 Å². The molecule has 0 spiro atoms. The van der Waals surface area contributed by atoms with E-state index < -0.39 is 0 Å². The van der Waals surface area contributed by atoms with Crippen LogP contribution in [0.25, 0.3) is 16.8 Å². The average Bonchev–Trinajstić information content (AvgIpc) is 2.65. The summed E-state index contributed by atoms with van der Waals surface area (Å²) >= 11 is 3.50. The van der Waals surface area contributed by atoms with Gasteiger partial charge in [0.05, 0.1) is 0 Å². The molecule has 1 aliphatic carbocycles. The van der Waals surface area contributed by atoms with Crippen molar-refractivity contribution in [2.24, 2.45) is 0 Å². The summed E-state index contributed by atoms with van der Waals surface area (Å²) in [7, 11) is 0. The third-order valence-electron chi connectivity index (χ3n) is 2.75. The first kappa shape index (κ1) is 8.25. The Morgan fingerprint density at radius 2 is 2.00 bits per heavy atom. The maximum Gasteiger partial charge on any atom is 0.0181 e. The van der Waals surface area contributed by atoms with E-state index in [0.29, 0.717) is 0 Å². The smallest absolute Gasteiger partial charge is 0.0181 e. The van der Waals surface area contributed by atoms with Crippen LogP contribution in [0.5, 0.6) is 0 Å². The zero-order valence-corrected chi connectivity index (χ0v) is 9.21. The lowest BCUT2D eigenvalue weighted by Crippen LogP contribution is -1.84. The SMILES string of the molecule is Brc1ccc2c3c(ccc2c1)C=CC3. The number of benzene rings is 2. The van der Waals surface area contributed by atoms with Gasteiger partial charge in [0.1, 0.15) is 0 Å². The molecule has 0 bridgehead atoms. The minimum Gasteiger partial charge on any atom is -0.0795 e. The van der Waals surface area contributed by atoms with E-state index >= 15 is 0 Å². The van der Waals surface area contributed by atoms with Gasteiger partial charge in [0.15, 0.2) is 0 Å². The van der Waals surface area contributed by atoms with Crippen LogP contribution in [-0.2, 0) is 6.42 Å². The Hall–Kier alpha value is -1.08. The van der Waals surface area contributed by atoms with Gasteiger partial charge in [-0.2, -0.15) is 0 Å². The first-order valence-electron chi connectivity index (χ1n) is 4.72. The van der Waals surface area contributed by atoms with Crippen LogP contribution in [0.15, 0.2) is 40.9 Å². The van der Waals surface area contributed by atoms with Crippen molar-refractivity contribution in [1.29, 1.82) is 0 Å². The molecule has 0 atom stereocenters. The van der Waals surface area contributed by atoms with E-state index in [1.165, 1.54) is 21.9 Å². The summed E-state index contributed by atoms with van der Waals surface area (Å²) in [6.45, 7) is 0. The lowest BCUT2D eigenvalue weighted by molar-refractivity contribution is 1.34. The molecule has 0 aromatic heterocycles. The molecule has 14 heavy (non-hydrogen) atoms. The van der Waals surface area contributed by atoms with Gasteiger partial charge in [0.2, 0.25) is 0 Å². The molecule has 1 aliphatic rings. The number of allylic oxidation sites excluding steroid dienone is 1. The Morgan fingerprint density at radius 1 is 1.07 bits per heavy atom. The van der Waals surface area contributed by atoms with E-state index in [1.54, 1.807) is 0 Å². The molecule has 2 aromatic carbocycles. The van der Waals surface area contributed by atoms with Gasteiger partial charge in [0.25, 0.3) is 0 Å². The molecule has 0 amide bonds. The molecule has 0 saturated heterocycles. The summed E-state index contributed by atoms with van der Waals surface area (Å²) in [5.41, 5.74) is 2.84. The molecular formula is C13H9Br. The molecule has 0 saturated carbocycles. The second-order valence-corrected chi connectivity index (χ2v) is 4.52. The summed E-state index contributed by atoms with van der Waals surface area (Å²) in [4.78, 5) is 0. The fraction of sp³-hybridized carbons (Fsp3) is 0.0769. The Morgan fingerprint density at radius 3 is 2.93 bits per heavy atom. The van der Waals surface area contributed by atoms with Crippen LogP contribution in [-0.4, -0.2) is 0 Å². The maximum atomic E-state index is 3.50. The van der Waals surface area contributed by atoms with Crippen LogP contribution in [0.2, 0.25) is 0 Å².